The highest BCUT2D eigenvalue weighted by molar-refractivity contribution is 8.14. The van der Waals surface area contributed by atoms with Crippen molar-refractivity contribution in [2.24, 2.45) is 0 Å². The molecule has 0 unspecified atom stereocenters. The summed E-state index contributed by atoms with van der Waals surface area (Å²) < 4.78 is 34.8. The largest absolute Gasteiger partial charge is 0.489 e. The predicted octanol–water partition coefficient (Wildman–Crippen LogP) is 4.70. The molecular weight excluding hydrogens is 425 g/mol. The topological polar surface area (TPSA) is 72.9 Å². The maximum absolute atomic E-state index is 12.1. The van der Waals surface area contributed by atoms with Crippen LogP contribution in [-0.2, 0) is 13.8 Å². The highest BCUT2D eigenvalue weighted by atomic mass is 35.7. The van der Waals surface area contributed by atoms with Crippen LogP contribution >= 0.6 is 33.9 Å². The summed E-state index contributed by atoms with van der Waals surface area (Å²) >= 11 is 11.9. The van der Waals surface area contributed by atoms with Gasteiger partial charge in [0.25, 0.3) is 9.05 Å². The van der Waals surface area contributed by atoms with Crippen LogP contribution in [0.3, 0.4) is 0 Å². The average molecular weight is 445 g/mol. The zero-order chi connectivity index (χ0) is 19.7. The first kappa shape index (κ1) is 21.4. The minimum Gasteiger partial charge on any atom is -0.489 e. The number of halogens is 3. The molecule has 1 heterocycles. The Morgan fingerprint density at radius 3 is 2.27 bits per heavy atom. The van der Waals surface area contributed by atoms with Crippen molar-refractivity contribution < 1.29 is 22.7 Å². The van der Waals surface area contributed by atoms with Crippen LogP contribution in [0.5, 0.6) is 5.75 Å². The van der Waals surface area contributed by atoms with E-state index >= 15 is 0 Å². The Kier molecular flexibility index (Phi) is 6.59. The first-order valence-corrected chi connectivity index (χ1v) is 11.0. The second kappa shape index (κ2) is 8.00. The van der Waals surface area contributed by atoms with Crippen LogP contribution in [0.25, 0.3) is 0 Å². The van der Waals surface area contributed by atoms with Crippen molar-refractivity contribution in [1.29, 1.82) is 0 Å². The molecule has 6 nitrogen and oxygen atoms in total. The number of hydrogen-bond acceptors (Lipinski definition) is 5. The van der Waals surface area contributed by atoms with E-state index in [1.165, 1.54) is 12.1 Å². The van der Waals surface area contributed by atoms with Crippen LogP contribution in [0.4, 0.5) is 4.79 Å². The lowest BCUT2D eigenvalue weighted by molar-refractivity contribution is 0.0124. The second-order valence-corrected chi connectivity index (χ2v) is 10.2. The molecule has 1 fully saturated rings. The Morgan fingerprint density at radius 2 is 1.77 bits per heavy atom. The van der Waals surface area contributed by atoms with E-state index in [4.69, 9.17) is 43.4 Å². The lowest BCUT2D eigenvalue weighted by Gasteiger charge is -2.33. The SMILES string of the molecule is CC(C)(C)OC(=O)N1CCC(Oc2ccc(Cl)c(Cl)c2S(=O)(=O)Cl)CC1. The molecule has 1 aliphatic heterocycles. The molecule has 0 bridgehead atoms. The average Bonchev–Trinajstić information content (AvgIpc) is 2.48. The summed E-state index contributed by atoms with van der Waals surface area (Å²) in [5.41, 5.74) is -0.561. The maximum Gasteiger partial charge on any atom is 0.410 e. The Hall–Kier alpha value is -0.890. The Morgan fingerprint density at radius 1 is 1.19 bits per heavy atom. The molecule has 10 heteroatoms. The van der Waals surface area contributed by atoms with Gasteiger partial charge in [0.05, 0.1) is 10.0 Å². The van der Waals surface area contributed by atoms with Gasteiger partial charge in [-0.05, 0) is 32.9 Å². The highest BCUT2D eigenvalue weighted by Crippen LogP contribution is 2.39. The van der Waals surface area contributed by atoms with Gasteiger partial charge < -0.3 is 14.4 Å². The van der Waals surface area contributed by atoms with E-state index in [1.807, 2.05) is 0 Å². The number of likely N-dealkylation sites (tertiary alicyclic amines) is 1. The van der Waals surface area contributed by atoms with Gasteiger partial charge in [-0.2, -0.15) is 0 Å². The van der Waals surface area contributed by atoms with Gasteiger partial charge in [-0.25, -0.2) is 13.2 Å². The van der Waals surface area contributed by atoms with Crippen molar-refractivity contribution in [3.8, 4) is 5.75 Å². The van der Waals surface area contributed by atoms with Crippen LogP contribution in [-0.4, -0.2) is 44.2 Å². The fraction of sp³-hybridized carbons (Fsp3) is 0.562. The van der Waals surface area contributed by atoms with Crippen LogP contribution in [0, 0.1) is 0 Å². The third-order valence-electron chi connectivity index (χ3n) is 3.64. The van der Waals surface area contributed by atoms with Gasteiger partial charge in [0.15, 0.2) is 0 Å². The number of carbonyl (C=O) groups excluding carboxylic acids is 1. The number of rotatable bonds is 3. The summed E-state index contributed by atoms with van der Waals surface area (Å²) in [7, 11) is 1.33. The second-order valence-electron chi connectivity index (χ2n) is 6.91. The Balaban J connectivity index is 2.07. The van der Waals surface area contributed by atoms with Crippen LogP contribution in [0.15, 0.2) is 17.0 Å². The Bertz CT molecular complexity index is 784. The quantitative estimate of drug-likeness (QED) is 0.632. The molecule has 0 N–H and O–H groups in total. The molecule has 2 rings (SSSR count). The third kappa shape index (κ3) is 5.55. The minimum atomic E-state index is -4.14. The summed E-state index contributed by atoms with van der Waals surface area (Å²) in [6.07, 6.45) is 0.361. The van der Waals surface area contributed by atoms with E-state index in [2.05, 4.69) is 0 Å². The molecule has 1 saturated heterocycles. The molecule has 1 aromatic rings. The molecule has 1 amide bonds. The Labute approximate surface area is 167 Å². The lowest BCUT2D eigenvalue weighted by atomic mass is 10.1. The first-order chi connectivity index (χ1) is 11.9. The van der Waals surface area contributed by atoms with Crippen molar-refractivity contribution >= 4 is 49.0 Å². The number of ether oxygens (including phenoxy) is 2. The molecular formula is C16H20Cl3NO5S. The van der Waals surface area contributed by atoms with Gasteiger partial charge in [0.1, 0.15) is 22.4 Å². The van der Waals surface area contributed by atoms with Crippen molar-refractivity contribution in [1.82, 2.24) is 4.90 Å². The molecule has 26 heavy (non-hydrogen) atoms. The monoisotopic (exact) mass is 443 g/mol. The van der Waals surface area contributed by atoms with E-state index in [0.29, 0.717) is 25.9 Å². The van der Waals surface area contributed by atoms with Gasteiger partial charge in [0, 0.05) is 36.6 Å². The normalized spacial score (nSPS) is 16.5. The molecule has 146 valence electrons. The number of piperidine rings is 1. The number of amides is 1. The lowest BCUT2D eigenvalue weighted by Crippen LogP contribution is -2.44. The van der Waals surface area contributed by atoms with Gasteiger partial charge in [0.2, 0.25) is 0 Å². The van der Waals surface area contributed by atoms with E-state index in [-0.39, 0.29) is 32.9 Å². The zero-order valence-electron chi connectivity index (χ0n) is 14.6. The van der Waals surface area contributed by atoms with Crippen molar-refractivity contribution in [3.63, 3.8) is 0 Å². The smallest absolute Gasteiger partial charge is 0.410 e. The highest BCUT2D eigenvalue weighted by Gasteiger charge is 2.30. The van der Waals surface area contributed by atoms with Crippen LogP contribution in [0.2, 0.25) is 10.0 Å². The van der Waals surface area contributed by atoms with Gasteiger partial charge >= 0.3 is 6.09 Å². The van der Waals surface area contributed by atoms with Crippen molar-refractivity contribution in [2.45, 2.75) is 50.2 Å². The van der Waals surface area contributed by atoms with E-state index < -0.39 is 14.7 Å². The fourth-order valence-corrected chi connectivity index (χ4v) is 4.43. The van der Waals surface area contributed by atoms with Gasteiger partial charge in [-0.3, -0.25) is 0 Å². The number of nitrogens with zero attached hydrogens (tertiary/aromatic N) is 1. The standard InChI is InChI=1S/C16H20Cl3NO5S/c1-16(2,3)25-15(21)20-8-6-10(7-9-20)24-12-5-4-11(17)13(18)14(12)26(19,22)23/h4-5,10H,6-9H2,1-3H3. The van der Waals surface area contributed by atoms with E-state index in [9.17, 15) is 13.2 Å². The van der Waals surface area contributed by atoms with E-state index in [1.54, 1.807) is 25.7 Å². The summed E-state index contributed by atoms with van der Waals surface area (Å²) in [6, 6.07) is 2.87. The molecule has 0 aliphatic carbocycles. The zero-order valence-corrected chi connectivity index (χ0v) is 17.7. The first-order valence-electron chi connectivity index (χ1n) is 7.96. The molecule has 1 aliphatic rings. The molecule has 0 radical (unpaired) electrons. The molecule has 1 aromatic carbocycles. The minimum absolute atomic E-state index is 0.0464. The fourth-order valence-electron chi connectivity index (χ4n) is 2.50. The third-order valence-corrected chi connectivity index (χ3v) is 5.92. The molecule has 0 atom stereocenters. The molecule has 0 saturated carbocycles. The van der Waals surface area contributed by atoms with E-state index in [0.717, 1.165) is 0 Å². The number of carbonyl (C=O) groups is 1. The summed E-state index contributed by atoms with van der Waals surface area (Å²) in [4.78, 5) is 13.3. The van der Waals surface area contributed by atoms with Crippen molar-refractivity contribution in [3.05, 3.63) is 22.2 Å². The van der Waals surface area contributed by atoms with Crippen LogP contribution in [0.1, 0.15) is 33.6 Å². The van der Waals surface area contributed by atoms with Crippen LogP contribution < -0.4 is 4.74 Å². The number of hydrogen-bond donors (Lipinski definition) is 0. The number of benzene rings is 1. The maximum atomic E-state index is 12.1. The van der Waals surface area contributed by atoms with Gasteiger partial charge in [-0.1, -0.05) is 23.2 Å². The van der Waals surface area contributed by atoms with Crippen molar-refractivity contribution in [2.75, 3.05) is 13.1 Å². The molecule has 0 spiro atoms. The predicted molar refractivity (Wildman–Crippen MR) is 101 cm³/mol. The molecule has 0 aromatic heterocycles. The summed E-state index contributed by atoms with van der Waals surface area (Å²) in [5, 5.41) is -0.108. The summed E-state index contributed by atoms with van der Waals surface area (Å²) in [5.74, 6) is 0.0464. The summed E-state index contributed by atoms with van der Waals surface area (Å²) in [6.45, 7) is 6.28. The van der Waals surface area contributed by atoms with Gasteiger partial charge in [-0.15, -0.1) is 0 Å².